The van der Waals surface area contributed by atoms with Crippen molar-refractivity contribution in [3.05, 3.63) is 35.4 Å². The van der Waals surface area contributed by atoms with Crippen molar-refractivity contribution < 1.29 is 14.3 Å². The molecule has 0 bridgehead atoms. The highest BCUT2D eigenvalue weighted by atomic mass is 28.3. The van der Waals surface area contributed by atoms with Crippen molar-refractivity contribution in [2.45, 2.75) is 26.1 Å². The van der Waals surface area contributed by atoms with E-state index in [2.05, 4.69) is 31.1 Å². The van der Waals surface area contributed by atoms with Gasteiger partial charge in [0.1, 0.15) is 8.07 Å². The Hall–Kier alpha value is -1.86. The van der Waals surface area contributed by atoms with Crippen molar-refractivity contribution in [1.82, 2.24) is 0 Å². The van der Waals surface area contributed by atoms with Crippen molar-refractivity contribution in [3.8, 4) is 11.5 Å². The Kier molecular flexibility index (Phi) is 3.57. The van der Waals surface area contributed by atoms with Gasteiger partial charge >= 0.3 is 5.97 Å². The van der Waals surface area contributed by atoms with Gasteiger partial charge in [0.15, 0.2) is 11.2 Å². The summed E-state index contributed by atoms with van der Waals surface area (Å²) in [6.45, 7) is 6.24. The number of benzene rings is 1. The number of ether oxygens (including phenoxy) is 1. The third-order valence-electron chi connectivity index (χ3n) is 3.29. The lowest BCUT2D eigenvalue weighted by Crippen LogP contribution is -2.37. The van der Waals surface area contributed by atoms with Crippen LogP contribution in [0.4, 0.5) is 0 Å². The van der Waals surface area contributed by atoms with Gasteiger partial charge < -0.3 is 4.74 Å². The van der Waals surface area contributed by atoms with E-state index < -0.39 is 19.5 Å². The van der Waals surface area contributed by atoms with Crippen LogP contribution in [0.3, 0.4) is 0 Å². The summed E-state index contributed by atoms with van der Waals surface area (Å²) >= 11 is 0. The predicted octanol–water partition coefficient (Wildman–Crippen LogP) is 2.47. The highest BCUT2D eigenvalue weighted by molar-refractivity contribution is 6.83. The van der Waals surface area contributed by atoms with E-state index >= 15 is 0 Å². The molecule has 0 amide bonds. The Bertz CT molecular complexity index is 631. The molecular formula is C16H18O3Si. The summed E-state index contributed by atoms with van der Waals surface area (Å²) in [6.07, 6.45) is 0.312. The van der Waals surface area contributed by atoms with Crippen molar-refractivity contribution in [2.24, 2.45) is 5.41 Å². The Morgan fingerprint density at radius 3 is 2.50 bits per heavy atom. The molecule has 0 aromatic heterocycles. The molecule has 1 unspecified atom stereocenters. The van der Waals surface area contributed by atoms with E-state index in [-0.39, 0.29) is 5.78 Å². The van der Waals surface area contributed by atoms with Crippen LogP contribution in [0.15, 0.2) is 24.3 Å². The summed E-state index contributed by atoms with van der Waals surface area (Å²) in [4.78, 5) is 24.8. The number of fused-ring (bicyclic) bond motifs is 1. The van der Waals surface area contributed by atoms with Crippen LogP contribution in [0.2, 0.25) is 19.6 Å². The fraction of sp³-hybridized carbons (Fsp3) is 0.375. The minimum atomic E-state index is -1.68. The van der Waals surface area contributed by atoms with Gasteiger partial charge in [-0.05, 0) is 5.56 Å². The van der Waals surface area contributed by atoms with E-state index in [0.29, 0.717) is 12.0 Å². The molecule has 1 atom stereocenters. The monoisotopic (exact) mass is 286 g/mol. The second-order valence-electron chi connectivity index (χ2n) is 6.06. The first-order valence-electron chi connectivity index (χ1n) is 6.56. The van der Waals surface area contributed by atoms with Crippen LogP contribution in [-0.4, -0.2) is 26.9 Å². The summed E-state index contributed by atoms with van der Waals surface area (Å²) in [6, 6.07) is 7.29. The maximum atomic E-state index is 12.6. The second-order valence-corrected chi connectivity index (χ2v) is 10.8. The van der Waals surface area contributed by atoms with Gasteiger partial charge in [-0.2, -0.15) is 0 Å². The van der Waals surface area contributed by atoms with Crippen LogP contribution < -0.4 is 0 Å². The smallest absolute Gasteiger partial charge is 0.332 e. The number of rotatable bonds is 1. The van der Waals surface area contributed by atoms with E-state index in [9.17, 15) is 9.59 Å². The molecule has 1 aliphatic rings. The zero-order valence-corrected chi connectivity index (χ0v) is 13.2. The average Bonchev–Trinajstić information content (AvgIpc) is 2.69. The number of Topliss-reactive ketones (excluding diaryl/α,β-unsaturated/α-hetero) is 1. The molecule has 104 valence electrons. The zero-order chi connectivity index (χ0) is 15.0. The van der Waals surface area contributed by atoms with Crippen LogP contribution >= 0.6 is 0 Å². The number of esters is 1. The maximum absolute atomic E-state index is 12.6. The van der Waals surface area contributed by atoms with Crippen LogP contribution in [0, 0.1) is 16.9 Å². The first kappa shape index (κ1) is 14.5. The molecule has 2 rings (SSSR count). The maximum Gasteiger partial charge on any atom is 0.332 e. The summed E-state index contributed by atoms with van der Waals surface area (Å²) in [7, 11) is -0.382. The van der Waals surface area contributed by atoms with E-state index in [1.807, 2.05) is 12.1 Å². The SMILES string of the molecule is COC(=O)C1(C#C[Si](C)(C)C)Cc2ccccc2C1=O. The number of carbonyl (C=O) groups is 2. The van der Waals surface area contributed by atoms with Crippen LogP contribution in [0.25, 0.3) is 0 Å². The van der Waals surface area contributed by atoms with Crippen molar-refractivity contribution in [3.63, 3.8) is 0 Å². The lowest BCUT2D eigenvalue weighted by molar-refractivity contribution is -0.146. The molecule has 0 fully saturated rings. The lowest BCUT2D eigenvalue weighted by Gasteiger charge is -2.18. The Morgan fingerprint density at radius 2 is 1.95 bits per heavy atom. The zero-order valence-electron chi connectivity index (χ0n) is 12.2. The standard InChI is InChI=1S/C16H18O3Si/c1-19-15(18)16(9-10-20(2,3)4)11-12-7-5-6-8-13(12)14(16)17/h5-8H,11H2,1-4H3. The molecule has 0 saturated carbocycles. The van der Waals surface area contributed by atoms with Gasteiger partial charge in [-0.15, -0.1) is 5.54 Å². The fourth-order valence-electron chi connectivity index (χ4n) is 2.28. The second kappa shape index (κ2) is 4.91. The first-order valence-corrected chi connectivity index (χ1v) is 10.1. The lowest BCUT2D eigenvalue weighted by atomic mass is 9.85. The molecule has 0 radical (unpaired) electrons. The summed E-state index contributed by atoms with van der Waals surface area (Å²) in [5.74, 6) is 2.19. The number of hydrogen-bond acceptors (Lipinski definition) is 3. The van der Waals surface area contributed by atoms with Crippen LogP contribution in [0.5, 0.6) is 0 Å². The Labute approximate surface area is 120 Å². The summed E-state index contributed by atoms with van der Waals surface area (Å²) in [5.41, 5.74) is 3.26. The van der Waals surface area contributed by atoms with Gasteiger partial charge in [-0.1, -0.05) is 49.8 Å². The number of ketones is 1. The van der Waals surface area contributed by atoms with Crippen molar-refractivity contribution >= 4 is 19.8 Å². The quantitative estimate of drug-likeness (QED) is 0.345. The normalized spacial score (nSPS) is 20.9. The summed E-state index contributed by atoms with van der Waals surface area (Å²) < 4.78 is 4.86. The fourth-order valence-corrected chi connectivity index (χ4v) is 2.87. The third kappa shape index (κ3) is 2.41. The highest BCUT2D eigenvalue weighted by Crippen LogP contribution is 2.37. The molecule has 0 N–H and O–H groups in total. The van der Waals surface area contributed by atoms with E-state index in [1.165, 1.54) is 7.11 Å². The third-order valence-corrected chi connectivity index (χ3v) is 4.16. The van der Waals surface area contributed by atoms with Crippen LogP contribution in [-0.2, 0) is 16.0 Å². The van der Waals surface area contributed by atoms with Crippen LogP contribution in [0.1, 0.15) is 15.9 Å². The van der Waals surface area contributed by atoms with Gasteiger partial charge in [0.05, 0.1) is 7.11 Å². The Morgan fingerprint density at radius 1 is 1.30 bits per heavy atom. The molecule has 0 heterocycles. The van der Waals surface area contributed by atoms with Gasteiger partial charge in [0, 0.05) is 12.0 Å². The van der Waals surface area contributed by atoms with Gasteiger partial charge in [-0.3, -0.25) is 4.79 Å². The van der Waals surface area contributed by atoms with Gasteiger partial charge in [-0.25, -0.2) is 4.79 Å². The topological polar surface area (TPSA) is 43.4 Å². The molecule has 3 nitrogen and oxygen atoms in total. The first-order chi connectivity index (χ1) is 9.30. The van der Waals surface area contributed by atoms with Crippen molar-refractivity contribution in [2.75, 3.05) is 7.11 Å². The highest BCUT2D eigenvalue weighted by Gasteiger charge is 2.51. The number of methoxy groups -OCH3 is 1. The average molecular weight is 286 g/mol. The molecule has 0 aliphatic heterocycles. The van der Waals surface area contributed by atoms with E-state index in [4.69, 9.17) is 4.74 Å². The minimum absolute atomic E-state index is 0.231. The Balaban J connectivity index is 2.55. The number of hydrogen-bond donors (Lipinski definition) is 0. The van der Waals surface area contributed by atoms with E-state index in [0.717, 1.165) is 5.56 Å². The predicted molar refractivity (Wildman–Crippen MR) is 80.0 cm³/mol. The van der Waals surface area contributed by atoms with Gasteiger partial charge in [0.2, 0.25) is 0 Å². The van der Waals surface area contributed by atoms with E-state index in [1.54, 1.807) is 12.1 Å². The van der Waals surface area contributed by atoms with Crippen molar-refractivity contribution in [1.29, 1.82) is 0 Å². The molecule has 0 saturated heterocycles. The van der Waals surface area contributed by atoms with Gasteiger partial charge in [0.25, 0.3) is 0 Å². The molecule has 1 aliphatic carbocycles. The largest absolute Gasteiger partial charge is 0.468 e. The molecule has 20 heavy (non-hydrogen) atoms. The summed E-state index contributed by atoms with van der Waals surface area (Å²) in [5, 5.41) is 0. The molecule has 1 aromatic rings. The molecule has 4 heteroatoms. The molecule has 0 spiro atoms. The minimum Gasteiger partial charge on any atom is -0.468 e. The molecule has 1 aromatic carbocycles. The molecular weight excluding hydrogens is 268 g/mol. The number of carbonyl (C=O) groups excluding carboxylic acids is 2.